The van der Waals surface area contributed by atoms with Gasteiger partial charge in [-0.25, -0.2) is 4.79 Å². The Morgan fingerprint density at radius 1 is 1.42 bits per heavy atom. The number of hydrogen-bond donors (Lipinski definition) is 1. The molecule has 2 rings (SSSR count). The van der Waals surface area contributed by atoms with Gasteiger partial charge in [-0.3, -0.25) is 4.79 Å². The molecule has 1 N–H and O–H groups in total. The van der Waals surface area contributed by atoms with Gasteiger partial charge in [-0.2, -0.15) is 0 Å². The number of aromatic carboxylic acids is 1. The van der Waals surface area contributed by atoms with Crippen LogP contribution in [0.1, 0.15) is 37.2 Å². The highest BCUT2D eigenvalue weighted by Crippen LogP contribution is 2.28. The topological polar surface area (TPSA) is 62.5 Å². The maximum Gasteiger partial charge on any atom is 0.352 e. The van der Waals surface area contributed by atoms with Gasteiger partial charge in [-0.1, -0.05) is 13.8 Å². The summed E-state index contributed by atoms with van der Waals surface area (Å²) in [6.45, 7) is 5.93. The van der Waals surface area contributed by atoms with Crippen LogP contribution in [0.5, 0.6) is 0 Å². The molecule has 104 valence electrons. The molecule has 0 aromatic carbocycles. The number of likely N-dealkylation sites (tertiary alicyclic amines) is 1. The highest BCUT2D eigenvalue weighted by atomic mass is 16.4. The Labute approximate surface area is 112 Å². The van der Waals surface area contributed by atoms with E-state index in [1.807, 2.05) is 4.90 Å². The summed E-state index contributed by atoms with van der Waals surface area (Å²) in [5.74, 6) is -1.01. The lowest BCUT2D eigenvalue weighted by molar-refractivity contribution is -0.134. The lowest BCUT2D eigenvalue weighted by Gasteiger charge is -2.38. The first-order chi connectivity index (χ1) is 8.89. The number of carboxylic acid groups (broad SMARTS) is 1. The second-order valence-corrected chi connectivity index (χ2v) is 5.91. The number of amides is 1. The smallest absolute Gasteiger partial charge is 0.352 e. The van der Waals surface area contributed by atoms with Gasteiger partial charge in [0.1, 0.15) is 12.2 Å². The number of piperidine rings is 1. The van der Waals surface area contributed by atoms with E-state index in [4.69, 9.17) is 5.11 Å². The minimum Gasteiger partial charge on any atom is -0.477 e. The van der Waals surface area contributed by atoms with Crippen LogP contribution in [0.3, 0.4) is 0 Å². The zero-order chi connectivity index (χ0) is 14.0. The first-order valence-electron chi connectivity index (χ1n) is 6.55. The van der Waals surface area contributed by atoms with E-state index in [-0.39, 0.29) is 23.6 Å². The first kappa shape index (κ1) is 13.6. The van der Waals surface area contributed by atoms with Crippen LogP contribution in [-0.2, 0) is 11.3 Å². The van der Waals surface area contributed by atoms with Gasteiger partial charge in [0.05, 0.1) is 0 Å². The van der Waals surface area contributed by atoms with Crippen LogP contribution in [0.4, 0.5) is 0 Å². The number of carbonyl (C=O) groups excluding carboxylic acids is 1. The lowest BCUT2D eigenvalue weighted by Crippen LogP contribution is -2.44. The Kier molecular flexibility index (Phi) is 3.64. The average molecular weight is 264 g/mol. The Balaban J connectivity index is 2.05. The Hall–Kier alpha value is -1.78. The van der Waals surface area contributed by atoms with Crippen molar-refractivity contribution in [2.45, 2.75) is 33.2 Å². The van der Waals surface area contributed by atoms with Crippen LogP contribution in [0.25, 0.3) is 0 Å². The van der Waals surface area contributed by atoms with Gasteiger partial charge < -0.3 is 14.6 Å². The molecule has 2 heterocycles. The molecule has 19 heavy (non-hydrogen) atoms. The summed E-state index contributed by atoms with van der Waals surface area (Å²) in [5.41, 5.74) is 0.310. The largest absolute Gasteiger partial charge is 0.477 e. The van der Waals surface area contributed by atoms with E-state index < -0.39 is 5.97 Å². The summed E-state index contributed by atoms with van der Waals surface area (Å²) in [7, 11) is 0. The first-order valence-corrected chi connectivity index (χ1v) is 6.55. The average Bonchev–Trinajstić information content (AvgIpc) is 2.75. The molecule has 0 spiro atoms. The standard InChI is InChI=1S/C14H20N2O3/c1-14(2)6-4-8-16(10-14)12(17)9-15-7-3-5-11(15)13(18)19/h3,5,7H,4,6,8-10H2,1-2H3,(H,18,19). The van der Waals surface area contributed by atoms with Gasteiger partial charge >= 0.3 is 5.97 Å². The summed E-state index contributed by atoms with van der Waals surface area (Å²) >= 11 is 0. The third-order valence-corrected chi connectivity index (χ3v) is 3.61. The molecule has 1 aliphatic heterocycles. The second-order valence-electron chi connectivity index (χ2n) is 5.91. The predicted molar refractivity (Wildman–Crippen MR) is 71.0 cm³/mol. The van der Waals surface area contributed by atoms with Crippen molar-refractivity contribution in [3.63, 3.8) is 0 Å². The fraction of sp³-hybridized carbons (Fsp3) is 0.571. The van der Waals surface area contributed by atoms with E-state index in [0.29, 0.717) is 0 Å². The molecule has 0 radical (unpaired) electrons. The Bertz CT molecular complexity index is 491. The lowest BCUT2D eigenvalue weighted by atomic mass is 9.84. The molecule has 1 fully saturated rings. The third kappa shape index (κ3) is 3.16. The summed E-state index contributed by atoms with van der Waals surface area (Å²) in [6.07, 6.45) is 3.77. The zero-order valence-corrected chi connectivity index (χ0v) is 11.4. The van der Waals surface area contributed by atoms with Crippen LogP contribution in [0.2, 0.25) is 0 Å². The van der Waals surface area contributed by atoms with Gasteiger partial charge in [0.15, 0.2) is 0 Å². The molecule has 0 unspecified atom stereocenters. The quantitative estimate of drug-likeness (QED) is 0.906. The van der Waals surface area contributed by atoms with Crippen molar-refractivity contribution in [3.05, 3.63) is 24.0 Å². The van der Waals surface area contributed by atoms with Crippen LogP contribution >= 0.6 is 0 Å². The van der Waals surface area contributed by atoms with Crippen molar-refractivity contribution in [1.82, 2.24) is 9.47 Å². The number of carbonyl (C=O) groups is 2. The molecule has 1 amide bonds. The minimum atomic E-state index is -1.00. The molecule has 1 aromatic rings. The predicted octanol–water partition coefficient (Wildman–Crippen LogP) is 1.83. The molecule has 5 heteroatoms. The van der Waals surface area contributed by atoms with E-state index in [2.05, 4.69) is 13.8 Å². The van der Waals surface area contributed by atoms with Crippen molar-refractivity contribution in [3.8, 4) is 0 Å². The molecule has 1 aliphatic rings. The van der Waals surface area contributed by atoms with Gasteiger partial charge in [0, 0.05) is 19.3 Å². The number of nitrogens with zero attached hydrogens (tertiary/aromatic N) is 2. The van der Waals surface area contributed by atoms with Crippen molar-refractivity contribution in [2.75, 3.05) is 13.1 Å². The summed E-state index contributed by atoms with van der Waals surface area (Å²) in [4.78, 5) is 25.1. The molecule has 1 saturated heterocycles. The van der Waals surface area contributed by atoms with Gasteiger partial charge in [-0.05, 0) is 30.4 Å². The molecular weight excluding hydrogens is 244 g/mol. The highest BCUT2D eigenvalue weighted by Gasteiger charge is 2.29. The Morgan fingerprint density at radius 2 is 2.16 bits per heavy atom. The highest BCUT2D eigenvalue weighted by molar-refractivity contribution is 5.86. The van der Waals surface area contributed by atoms with Crippen molar-refractivity contribution in [2.24, 2.45) is 5.41 Å². The summed E-state index contributed by atoms with van der Waals surface area (Å²) in [6, 6.07) is 3.16. The summed E-state index contributed by atoms with van der Waals surface area (Å²) in [5, 5.41) is 9.02. The molecule has 0 bridgehead atoms. The van der Waals surface area contributed by atoms with Gasteiger partial charge in [-0.15, -0.1) is 0 Å². The normalized spacial score (nSPS) is 18.3. The zero-order valence-electron chi connectivity index (χ0n) is 11.4. The molecule has 1 aromatic heterocycles. The van der Waals surface area contributed by atoms with E-state index in [9.17, 15) is 9.59 Å². The van der Waals surface area contributed by atoms with Gasteiger partial charge in [0.25, 0.3) is 0 Å². The fourth-order valence-corrected chi connectivity index (χ4v) is 2.63. The maximum absolute atomic E-state index is 12.2. The van der Waals surface area contributed by atoms with Crippen molar-refractivity contribution < 1.29 is 14.7 Å². The van der Waals surface area contributed by atoms with Crippen molar-refractivity contribution >= 4 is 11.9 Å². The third-order valence-electron chi connectivity index (χ3n) is 3.61. The van der Waals surface area contributed by atoms with E-state index in [1.54, 1.807) is 12.3 Å². The molecule has 0 saturated carbocycles. The number of carboxylic acids is 1. The number of aromatic nitrogens is 1. The molecule has 5 nitrogen and oxygen atoms in total. The van der Waals surface area contributed by atoms with E-state index in [0.717, 1.165) is 25.9 Å². The van der Waals surface area contributed by atoms with Crippen LogP contribution in [0, 0.1) is 5.41 Å². The van der Waals surface area contributed by atoms with Gasteiger partial charge in [0.2, 0.25) is 5.91 Å². The van der Waals surface area contributed by atoms with E-state index >= 15 is 0 Å². The maximum atomic E-state index is 12.2. The number of rotatable bonds is 3. The van der Waals surface area contributed by atoms with E-state index in [1.165, 1.54) is 10.6 Å². The molecule has 0 aliphatic carbocycles. The monoisotopic (exact) mass is 264 g/mol. The molecular formula is C14H20N2O3. The minimum absolute atomic E-state index is 0.00789. The second kappa shape index (κ2) is 5.07. The summed E-state index contributed by atoms with van der Waals surface area (Å²) < 4.78 is 1.49. The van der Waals surface area contributed by atoms with Crippen molar-refractivity contribution in [1.29, 1.82) is 0 Å². The van der Waals surface area contributed by atoms with Crippen LogP contribution < -0.4 is 0 Å². The van der Waals surface area contributed by atoms with Crippen LogP contribution in [0.15, 0.2) is 18.3 Å². The Morgan fingerprint density at radius 3 is 2.79 bits per heavy atom. The number of hydrogen-bond acceptors (Lipinski definition) is 2. The fourth-order valence-electron chi connectivity index (χ4n) is 2.63. The van der Waals surface area contributed by atoms with Crippen LogP contribution in [-0.4, -0.2) is 39.5 Å². The SMILES string of the molecule is CC1(C)CCCN(C(=O)Cn2cccc2C(=O)O)C1. The molecule has 0 atom stereocenters.